The number of rotatable bonds is 3. The highest BCUT2D eigenvalue weighted by Crippen LogP contribution is 2.21. The monoisotopic (exact) mass is 327 g/mol. The lowest BCUT2D eigenvalue weighted by Crippen LogP contribution is -2.24. The predicted molar refractivity (Wildman–Crippen MR) is 90.0 cm³/mol. The maximum absolute atomic E-state index is 11.9. The molecule has 3 rings (SSSR count). The molecule has 1 aromatic heterocycles. The number of aromatic hydroxyl groups is 1. The fraction of sp³-hybridized carbons (Fsp3) is 0.0667. The maximum atomic E-state index is 11.9. The van der Waals surface area contributed by atoms with Crippen molar-refractivity contribution in [3.63, 3.8) is 0 Å². The Morgan fingerprint density at radius 2 is 2.17 bits per heavy atom. The lowest BCUT2D eigenvalue weighted by molar-refractivity contribution is 0.252. The van der Waals surface area contributed by atoms with Crippen molar-refractivity contribution in [2.45, 2.75) is 6.92 Å². The van der Waals surface area contributed by atoms with Crippen LogP contribution in [0, 0.1) is 6.92 Å². The summed E-state index contributed by atoms with van der Waals surface area (Å²) in [5, 5.41) is 16.2. The molecular formula is C15H13N5O2S. The van der Waals surface area contributed by atoms with E-state index in [0.29, 0.717) is 16.8 Å². The van der Waals surface area contributed by atoms with E-state index in [2.05, 4.69) is 24.6 Å². The topological polar surface area (TPSA) is 99.5 Å². The second-order valence-corrected chi connectivity index (χ2v) is 5.35. The van der Waals surface area contributed by atoms with Crippen LogP contribution in [0.5, 0.6) is 5.75 Å². The Balaban J connectivity index is 1.65. The van der Waals surface area contributed by atoms with E-state index in [1.54, 1.807) is 24.3 Å². The lowest BCUT2D eigenvalue weighted by Gasteiger charge is -2.04. The van der Waals surface area contributed by atoms with Gasteiger partial charge in [-0.05, 0) is 36.8 Å². The first-order chi connectivity index (χ1) is 11.1. The molecule has 0 spiro atoms. The summed E-state index contributed by atoms with van der Waals surface area (Å²) >= 11 is 1.08. The summed E-state index contributed by atoms with van der Waals surface area (Å²) < 4.78 is 8.24. The highest BCUT2D eigenvalue weighted by molar-refractivity contribution is 7.00. The van der Waals surface area contributed by atoms with E-state index in [9.17, 15) is 9.90 Å². The molecule has 0 saturated carbocycles. The molecule has 3 aromatic rings. The van der Waals surface area contributed by atoms with Gasteiger partial charge in [0.25, 0.3) is 0 Å². The summed E-state index contributed by atoms with van der Waals surface area (Å²) in [6.07, 6.45) is 1.37. The summed E-state index contributed by atoms with van der Waals surface area (Å²) in [5.41, 5.74) is 5.71. The highest BCUT2D eigenvalue weighted by atomic mass is 32.1. The average Bonchev–Trinajstić information content (AvgIpc) is 2.99. The summed E-state index contributed by atoms with van der Waals surface area (Å²) in [7, 11) is 0. The molecule has 2 amide bonds. The molecule has 0 aliphatic carbocycles. The Bertz CT molecular complexity index is 890. The molecule has 0 bridgehead atoms. The van der Waals surface area contributed by atoms with Gasteiger partial charge in [-0.25, -0.2) is 10.2 Å². The Morgan fingerprint density at radius 1 is 1.30 bits per heavy atom. The number of carbonyl (C=O) groups excluding carboxylic acids is 1. The quantitative estimate of drug-likeness (QED) is 0.509. The van der Waals surface area contributed by atoms with Gasteiger partial charge in [-0.3, -0.25) is 0 Å². The van der Waals surface area contributed by atoms with Gasteiger partial charge in [0.05, 0.1) is 23.6 Å². The fourth-order valence-corrected chi connectivity index (χ4v) is 2.53. The first-order valence-corrected chi connectivity index (χ1v) is 7.47. The molecule has 0 aliphatic rings. The van der Waals surface area contributed by atoms with Gasteiger partial charge in [0, 0.05) is 5.56 Å². The second-order valence-electron chi connectivity index (χ2n) is 4.82. The normalized spacial score (nSPS) is 11.0. The number of aryl methyl sites for hydroxylation is 1. The summed E-state index contributed by atoms with van der Waals surface area (Å²) in [5.74, 6) is 0.106. The molecule has 3 N–H and O–H groups in total. The van der Waals surface area contributed by atoms with Crippen LogP contribution in [0.4, 0.5) is 10.5 Å². The SMILES string of the molecule is Cc1ccc(/C=N/NC(=O)Nc2cccc3nsnc23)c(O)c1. The largest absolute Gasteiger partial charge is 0.507 e. The molecule has 0 atom stereocenters. The number of hydrazone groups is 1. The summed E-state index contributed by atoms with van der Waals surface area (Å²) in [6, 6.07) is 10.0. The van der Waals surface area contributed by atoms with Gasteiger partial charge < -0.3 is 10.4 Å². The third kappa shape index (κ3) is 3.43. The number of hydrogen-bond donors (Lipinski definition) is 3. The standard InChI is InChI=1S/C15H13N5O2S/c1-9-5-6-10(13(21)7-9)8-16-18-15(22)17-11-3-2-4-12-14(11)20-23-19-12/h2-8,21H,1H3,(H2,17,18,22)/b16-8+. The Kier molecular flexibility index (Phi) is 4.15. The molecule has 7 nitrogen and oxygen atoms in total. The summed E-state index contributed by atoms with van der Waals surface area (Å²) in [6.45, 7) is 1.88. The third-order valence-electron chi connectivity index (χ3n) is 3.09. The molecule has 116 valence electrons. The number of anilines is 1. The first kappa shape index (κ1) is 14.9. The smallest absolute Gasteiger partial charge is 0.339 e. The van der Waals surface area contributed by atoms with E-state index < -0.39 is 6.03 Å². The fourth-order valence-electron chi connectivity index (χ4n) is 1.98. The van der Waals surface area contributed by atoms with Crippen LogP contribution in [0.25, 0.3) is 11.0 Å². The molecular weight excluding hydrogens is 314 g/mol. The predicted octanol–water partition coefficient (Wildman–Crippen LogP) is 2.86. The minimum atomic E-state index is -0.506. The molecule has 0 radical (unpaired) electrons. The van der Waals surface area contributed by atoms with Gasteiger partial charge in [-0.15, -0.1) is 0 Å². The van der Waals surface area contributed by atoms with E-state index in [1.165, 1.54) is 6.21 Å². The van der Waals surface area contributed by atoms with Crippen LogP contribution in [0.15, 0.2) is 41.5 Å². The highest BCUT2D eigenvalue weighted by Gasteiger charge is 2.07. The van der Waals surface area contributed by atoms with Crippen molar-refractivity contribution >= 4 is 40.7 Å². The molecule has 1 heterocycles. The number of carbonyl (C=O) groups is 1. The van der Waals surface area contributed by atoms with Crippen LogP contribution in [0.3, 0.4) is 0 Å². The Morgan fingerprint density at radius 3 is 3.00 bits per heavy atom. The van der Waals surface area contributed by atoms with Crippen molar-refractivity contribution in [1.29, 1.82) is 0 Å². The van der Waals surface area contributed by atoms with Crippen molar-refractivity contribution in [2.24, 2.45) is 5.10 Å². The number of urea groups is 1. The van der Waals surface area contributed by atoms with E-state index in [-0.39, 0.29) is 5.75 Å². The molecule has 0 unspecified atom stereocenters. The van der Waals surface area contributed by atoms with Gasteiger partial charge in [0.2, 0.25) is 0 Å². The molecule has 0 fully saturated rings. The zero-order chi connectivity index (χ0) is 16.2. The van der Waals surface area contributed by atoms with Gasteiger partial charge in [0.1, 0.15) is 16.8 Å². The first-order valence-electron chi connectivity index (χ1n) is 6.74. The summed E-state index contributed by atoms with van der Waals surface area (Å²) in [4.78, 5) is 11.9. The number of phenolic OH excluding ortho intramolecular Hbond substituents is 1. The van der Waals surface area contributed by atoms with Gasteiger partial charge in [-0.2, -0.15) is 13.8 Å². The number of phenols is 1. The minimum Gasteiger partial charge on any atom is -0.507 e. The maximum Gasteiger partial charge on any atom is 0.339 e. The molecule has 0 saturated heterocycles. The van der Waals surface area contributed by atoms with E-state index in [0.717, 1.165) is 22.8 Å². The zero-order valence-electron chi connectivity index (χ0n) is 12.1. The van der Waals surface area contributed by atoms with Crippen molar-refractivity contribution < 1.29 is 9.90 Å². The van der Waals surface area contributed by atoms with Crippen LogP contribution in [0.1, 0.15) is 11.1 Å². The average molecular weight is 327 g/mol. The van der Waals surface area contributed by atoms with Gasteiger partial charge >= 0.3 is 6.03 Å². The number of fused-ring (bicyclic) bond motifs is 1. The van der Waals surface area contributed by atoms with E-state index in [4.69, 9.17) is 0 Å². The minimum absolute atomic E-state index is 0.106. The number of nitrogens with one attached hydrogen (secondary N) is 2. The van der Waals surface area contributed by atoms with Crippen LogP contribution in [-0.2, 0) is 0 Å². The Labute approximate surface area is 136 Å². The van der Waals surface area contributed by atoms with Crippen molar-refractivity contribution in [2.75, 3.05) is 5.32 Å². The number of aromatic nitrogens is 2. The van der Waals surface area contributed by atoms with E-state index in [1.807, 2.05) is 19.1 Å². The van der Waals surface area contributed by atoms with Crippen molar-refractivity contribution in [3.05, 3.63) is 47.5 Å². The number of benzene rings is 2. The number of amides is 2. The van der Waals surface area contributed by atoms with Crippen molar-refractivity contribution in [3.8, 4) is 5.75 Å². The number of nitrogens with zero attached hydrogens (tertiary/aromatic N) is 3. The second kappa shape index (κ2) is 6.41. The van der Waals surface area contributed by atoms with Gasteiger partial charge in [-0.1, -0.05) is 12.1 Å². The van der Waals surface area contributed by atoms with Crippen LogP contribution in [0.2, 0.25) is 0 Å². The van der Waals surface area contributed by atoms with Crippen LogP contribution < -0.4 is 10.7 Å². The number of hydrogen-bond acceptors (Lipinski definition) is 6. The van der Waals surface area contributed by atoms with Crippen LogP contribution in [-0.4, -0.2) is 26.1 Å². The van der Waals surface area contributed by atoms with E-state index >= 15 is 0 Å². The zero-order valence-corrected chi connectivity index (χ0v) is 13.0. The third-order valence-corrected chi connectivity index (χ3v) is 3.63. The molecule has 2 aromatic carbocycles. The Hall–Kier alpha value is -3.00. The molecule has 23 heavy (non-hydrogen) atoms. The molecule has 0 aliphatic heterocycles. The molecule has 8 heteroatoms. The lowest BCUT2D eigenvalue weighted by atomic mass is 10.1. The van der Waals surface area contributed by atoms with Crippen LogP contribution >= 0.6 is 11.7 Å². The van der Waals surface area contributed by atoms with Gasteiger partial charge in [0.15, 0.2) is 0 Å². The van der Waals surface area contributed by atoms with Crippen molar-refractivity contribution in [1.82, 2.24) is 14.2 Å².